The lowest BCUT2D eigenvalue weighted by Crippen LogP contribution is -2.51. The van der Waals surface area contributed by atoms with E-state index in [1.807, 2.05) is 6.07 Å². The lowest BCUT2D eigenvalue weighted by Gasteiger charge is -2.36. The molecular weight excluding hydrogens is 334 g/mol. The summed E-state index contributed by atoms with van der Waals surface area (Å²) in [5, 5.41) is 2.73. The van der Waals surface area contributed by atoms with Crippen LogP contribution in [-0.4, -0.2) is 20.1 Å². The zero-order valence-electron chi connectivity index (χ0n) is 15.5. The quantitative estimate of drug-likeness (QED) is 0.512. The second kappa shape index (κ2) is 7.79. The second-order valence-electron chi connectivity index (χ2n) is 7.55. The molecular formula is C23H24NOSi. The third-order valence-corrected chi connectivity index (χ3v) is 8.18. The van der Waals surface area contributed by atoms with Gasteiger partial charge in [0.05, 0.1) is 0 Å². The van der Waals surface area contributed by atoms with Gasteiger partial charge in [0.25, 0.3) is 0 Å². The van der Waals surface area contributed by atoms with Crippen molar-refractivity contribution in [3.63, 3.8) is 0 Å². The minimum atomic E-state index is -1.15. The molecule has 0 aliphatic carbocycles. The standard InChI is InChI=1S/C23H24NOSi/c1-23(2,3)22(21-16-10-11-18(17-25)24-21)26(19-12-6-4-7-13-19)20-14-8-5-9-15-20/h4-17,22H,1-3H3. The average Bonchev–Trinajstić information content (AvgIpc) is 2.66. The number of pyridine rings is 1. The van der Waals surface area contributed by atoms with Crippen LogP contribution in [0, 0.1) is 5.41 Å². The van der Waals surface area contributed by atoms with Crippen molar-refractivity contribution in [1.82, 2.24) is 4.98 Å². The summed E-state index contributed by atoms with van der Waals surface area (Å²) >= 11 is 0. The summed E-state index contributed by atoms with van der Waals surface area (Å²) < 4.78 is 0. The molecule has 0 N–H and O–H groups in total. The molecule has 0 aliphatic rings. The molecule has 1 atom stereocenters. The Labute approximate surface area is 157 Å². The van der Waals surface area contributed by atoms with Crippen molar-refractivity contribution >= 4 is 25.5 Å². The van der Waals surface area contributed by atoms with Crippen molar-refractivity contribution in [2.45, 2.75) is 26.3 Å². The maximum atomic E-state index is 11.3. The molecule has 131 valence electrons. The molecule has 0 amide bonds. The number of aldehydes is 1. The fraction of sp³-hybridized carbons (Fsp3) is 0.217. The Morgan fingerprint density at radius 3 is 1.81 bits per heavy atom. The Balaban J connectivity index is 2.21. The van der Waals surface area contributed by atoms with E-state index in [-0.39, 0.29) is 11.0 Å². The monoisotopic (exact) mass is 358 g/mol. The topological polar surface area (TPSA) is 30.0 Å². The average molecular weight is 359 g/mol. The molecule has 0 aliphatic heterocycles. The molecule has 3 aromatic rings. The fourth-order valence-corrected chi connectivity index (χ4v) is 6.88. The smallest absolute Gasteiger partial charge is 0.168 e. The normalized spacial score (nSPS) is 12.8. The molecule has 0 saturated carbocycles. The van der Waals surface area contributed by atoms with Gasteiger partial charge in [-0.25, -0.2) is 0 Å². The predicted octanol–water partition coefficient (Wildman–Crippen LogP) is 3.87. The van der Waals surface area contributed by atoms with Gasteiger partial charge in [0.15, 0.2) is 6.29 Å². The minimum absolute atomic E-state index is 0.00842. The van der Waals surface area contributed by atoms with Crippen molar-refractivity contribution in [3.8, 4) is 0 Å². The first-order valence-electron chi connectivity index (χ1n) is 8.90. The maximum Gasteiger partial charge on any atom is 0.168 e. The Hall–Kier alpha value is -2.52. The summed E-state index contributed by atoms with van der Waals surface area (Å²) in [7, 11) is -1.15. The van der Waals surface area contributed by atoms with Crippen LogP contribution in [0.5, 0.6) is 0 Å². The third kappa shape index (κ3) is 4.00. The Morgan fingerprint density at radius 1 is 0.808 bits per heavy atom. The summed E-state index contributed by atoms with van der Waals surface area (Å²) in [6.45, 7) is 6.80. The molecule has 2 aromatic carbocycles. The summed E-state index contributed by atoms with van der Waals surface area (Å²) in [6, 6.07) is 27.2. The van der Waals surface area contributed by atoms with Gasteiger partial charge in [-0.1, -0.05) is 97.9 Å². The van der Waals surface area contributed by atoms with E-state index in [9.17, 15) is 4.79 Å². The molecule has 3 rings (SSSR count). The van der Waals surface area contributed by atoms with Crippen LogP contribution in [0.1, 0.15) is 42.5 Å². The highest BCUT2D eigenvalue weighted by atomic mass is 28.3. The molecule has 3 heteroatoms. The van der Waals surface area contributed by atoms with Crippen molar-refractivity contribution in [2.24, 2.45) is 5.41 Å². The van der Waals surface area contributed by atoms with Crippen LogP contribution in [0.25, 0.3) is 0 Å². The van der Waals surface area contributed by atoms with Gasteiger partial charge in [-0.2, -0.15) is 0 Å². The van der Waals surface area contributed by atoms with Gasteiger partial charge in [-0.3, -0.25) is 9.78 Å². The minimum Gasteiger partial charge on any atom is -0.296 e. The summed E-state index contributed by atoms with van der Waals surface area (Å²) in [5.41, 5.74) is 1.74. The molecule has 1 aromatic heterocycles. The van der Waals surface area contributed by atoms with Crippen LogP contribution in [-0.2, 0) is 0 Å². The van der Waals surface area contributed by atoms with Crippen LogP contribution in [0.2, 0.25) is 0 Å². The highest BCUT2D eigenvalue weighted by Gasteiger charge is 2.38. The van der Waals surface area contributed by atoms with Crippen LogP contribution < -0.4 is 10.4 Å². The van der Waals surface area contributed by atoms with E-state index in [0.29, 0.717) is 5.69 Å². The Bertz CT molecular complexity index is 817. The van der Waals surface area contributed by atoms with Crippen molar-refractivity contribution in [2.75, 3.05) is 0 Å². The first kappa shape index (κ1) is 18.3. The molecule has 1 unspecified atom stereocenters. The number of benzene rings is 2. The van der Waals surface area contributed by atoms with Gasteiger partial charge >= 0.3 is 0 Å². The maximum absolute atomic E-state index is 11.3. The first-order valence-corrected chi connectivity index (χ1v) is 10.5. The summed E-state index contributed by atoms with van der Waals surface area (Å²) in [6.07, 6.45) is 0.834. The van der Waals surface area contributed by atoms with Crippen molar-refractivity contribution < 1.29 is 4.79 Å². The number of carbonyl (C=O) groups is 1. The highest BCUT2D eigenvalue weighted by molar-refractivity contribution is 6.86. The molecule has 1 heterocycles. The molecule has 2 nitrogen and oxygen atoms in total. The zero-order chi connectivity index (χ0) is 18.6. The number of hydrogen-bond acceptors (Lipinski definition) is 2. The lowest BCUT2D eigenvalue weighted by atomic mass is 9.89. The predicted molar refractivity (Wildman–Crippen MR) is 110 cm³/mol. The van der Waals surface area contributed by atoms with E-state index in [2.05, 4.69) is 92.5 Å². The van der Waals surface area contributed by atoms with Gasteiger partial charge in [0.2, 0.25) is 0 Å². The fourth-order valence-electron chi connectivity index (χ4n) is 3.46. The molecule has 26 heavy (non-hydrogen) atoms. The number of nitrogens with zero attached hydrogens (tertiary/aromatic N) is 1. The SMILES string of the molecule is CC(C)(C)C(c1cccc(C=O)n1)[Si](c1ccccc1)c1ccccc1. The molecule has 0 bridgehead atoms. The largest absolute Gasteiger partial charge is 0.296 e. The summed E-state index contributed by atoms with van der Waals surface area (Å²) in [5.74, 6) is 0. The zero-order valence-corrected chi connectivity index (χ0v) is 16.5. The summed E-state index contributed by atoms with van der Waals surface area (Å²) in [4.78, 5) is 16.0. The Kier molecular flexibility index (Phi) is 5.48. The van der Waals surface area contributed by atoms with E-state index in [0.717, 1.165) is 12.0 Å². The highest BCUT2D eigenvalue weighted by Crippen LogP contribution is 2.36. The number of hydrogen-bond donors (Lipinski definition) is 0. The van der Waals surface area contributed by atoms with Gasteiger partial charge < -0.3 is 0 Å². The molecule has 0 spiro atoms. The molecule has 0 fully saturated rings. The van der Waals surface area contributed by atoms with E-state index >= 15 is 0 Å². The van der Waals surface area contributed by atoms with Gasteiger partial charge in [0.1, 0.15) is 14.5 Å². The van der Waals surface area contributed by atoms with Crippen LogP contribution in [0.15, 0.2) is 78.9 Å². The first-order chi connectivity index (χ1) is 12.5. The second-order valence-corrected chi connectivity index (χ2v) is 10.1. The Morgan fingerprint density at radius 2 is 1.35 bits per heavy atom. The van der Waals surface area contributed by atoms with Crippen molar-refractivity contribution in [3.05, 3.63) is 90.3 Å². The number of aromatic nitrogens is 1. The van der Waals surface area contributed by atoms with Gasteiger partial charge in [-0.05, 0) is 17.5 Å². The molecule has 0 saturated heterocycles. The van der Waals surface area contributed by atoms with Gasteiger partial charge in [0, 0.05) is 11.2 Å². The van der Waals surface area contributed by atoms with E-state index in [4.69, 9.17) is 0 Å². The number of rotatable bonds is 5. The van der Waals surface area contributed by atoms with E-state index in [1.54, 1.807) is 6.07 Å². The van der Waals surface area contributed by atoms with Gasteiger partial charge in [-0.15, -0.1) is 0 Å². The van der Waals surface area contributed by atoms with E-state index in [1.165, 1.54) is 10.4 Å². The van der Waals surface area contributed by atoms with E-state index < -0.39 is 8.80 Å². The van der Waals surface area contributed by atoms with Crippen LogP contribution in [0.3, 0.4) is 0 Å². The molecule has 1 radical (unpaired) electrons. The lowest BCUT2D eigenvalue weighted by molar-refractivity contribution is 0.111. The third-order valence-electron chi connectivity index (χ3n) is 4.53. The number of carbonyl (C=O) groups excluding carboxylic acids is 1. The van der Waals surface area contributed by atoms with Crippen LogP contribution >= 0.6 is 0 Å². The van der Waals surface area contributed by atoms with Crippen LogP contribution in [0.4, 0.5) is 0 Å². The van der Waals surface area contributed by atoms with Crippen molar-refractivity contribution in [1.29, 1.82) is 0 Å².